The van der Waals surface area contributed by atoms with Gasteiger partial charge in [0, 0.05) is 28.6 Å². The summed E-state index contributed by atoms with van der Waals surface area (Å²) in [5.41, 5.74) is 1.88. The third kappa shape index (κ3) is 2.00. The Balaban J connectivity index is 2.26. The van der Waals surface area contributed by atoms with Crippen LogP contribution in [0.3, 0.4) is 0 Å². The lowest BCUT2D eigenvalue weighted by Gasteiger charge is -1.98. The third-order valence-corrected chi connectivity index (χ3v) is 3.42. The number of aromatic carboxylic acids is 1. The Morgan fingerprint density at radius 3 is 2.84 bits per heavy atom. The summed E-state index contributed by atoms with van der Waals surface area (Å²) in [4.78, 5) is 19.3. The summed E-state index contributed by atoms with van der Waals surface area (Å²) in [5.74, 6) is -1.09. The molecule has 1 N–H and O–H groups in total. The van der Waals surface area contributed by atoms with Crippen molar-refractivity contribution >= 4 is 27.5 Å². The first-order valence-electron chi connectivity index (χ1n) is 5.49. The van der Waals surface area contributed by atoms with E-state index in [1.807, 2.05) is 24.3 Å². The van der Waals surface area contributed by atoms with Crippen molar-refractivity contribution in [3.63, 3.8) is 0 Å². The maximum Gasteiger partial charge on any atom is 0.358 e. The van der Waals surface area contributed by atoms with Gasteiger partial charge in [0.15, 0.2) is 11.3 Å². The molecule has 0 radical (unpaired) electrons. The van der Waals surface area contributed by atoms with Crippen LogP contribution < -0.4 is 0 Å². The van der Waals surface area contributed by atoms with Crippen LogP contribution in [0.1, 0.15) is 10.5 Å². The highest BCUT2D eigenvalue weighted by Crippen LogP contribution is 2.27. The maximum atomic E-state index is 11.1. The Morgan fingerprint density at radius 2 is 2.11 bits per heavy atom. The van der Waals surface area contributed by atoms with Crippen LogP contribution in [0.15, 0.2) is 47.3 Å². The summed E-state index contributed by atoms with van der Waals surface area (Å²) in [6.45, 7) is 0. The number of aromatic nitrogens is 3. The molecule has 19 heavy (non-hydrogen) atoms. The molecular formula is C13H8BrN3O2. The summed E-state index contributed by atoms with van der Waals surface area (Å²) in [6, 6.07) is 7.64. The zero-order chi connectivity index (χ0) is 13.4. The fourth-order valence-corrected chi connectivity index (χ4v) is 2.36. The summed E-state index contributed by atoms with van der Waals surface area (Å²) >= 11 is 3.46. The van der Waals surface area contributed by atoms with E-state index in [0.717, 1.165) is 10.0 Å². The molecule has 5 nitrogen and oxygen atoms in total. The lowest BCUT2D eigenvalue weighted by Crippen LogP contribution is -2.03. The largest absolute Gasteiger partial charge is 0.476 e. The summed E-state index contributed by atoms with van der Waals surface area (Å²) in [5, 5.41) is 9.09. The molecule has 0 unspecified atom stereocenters. The molecular weight excluding hydrogens is 310 g/mol. The van der Waals surface area contributed by atoms with Crippen LogP contribution >= 0.6 is 15.9 Å². The van der Waals surface area contributed by atoms with Gasteiger partial charge in [-0.3, -0.25) is 0 Å². The molecule has 0 saturated heterocycles. The van der Waals surface area contributed by atoms with E-state index in [4.69, 9.17) is 5.11 Å². The average molecular weight is 318 g/mol. The van der Waals surface area contributed by atoms with Gasteiger partial charge in [-0.2, -0.15) is 0 Å². The minimum absolute atomic E-state index is 0.0548. The van der Waals surface area contributed by atoms with E-state index < -0.39 is 5.97 Å². The van der Waals surface area contributed by atoms with Crippen LogP contribution in [0.5, 0.6) is 0 Å². The van der Waals surface area contributed by atoms with Crippen molar-refractivity contribution in [2.45, 2.75) is 0 Å². The zero-order valence-corrected chi connectivity index (χ0v) is 11.2. The van der Waals surface area contributed by atoms with E-state index in [1.54, 1.807) is 16.8 Å². The van der Waals surface area contributed by atoms with Gasteiger partial charge in [-0.1, -0.05) is 34.1 Å². The molecule has 0 aliphatic rings. The molecule has 0 atom stereocenters. The number of fused-ring (bicyclic) bond motifs is 1. The van der Waals surface area contributed by atoms with Crippen molar-refractivity contribution in [2.24, 2.45) is 0 Å². The van der Waals surface area contributed by atoms with Crippen molar-refractivity contribution in [2.75, 3.05) is 0 Å². The SMILES string of the molecule is O=C(O)c1nccn2cc(-c3ccccc3Br)nc12. The molecule has 94 valence electrons. The number of benzene rings is 1. The number of carboxylic acid groups (broad SMARTS) is 1. The van der Waals surface area contributed by atoms with Gasteiger partial charge >= 0.3 is 5.97 Å². The van der Waals surface area contributed by atoms with Crippen LogP contribution in [0, 0.1) is 0 Å². The molecule has 1 aromatic carbocycles. The molecule has 3 aromatic rings. The van der Waals surface area contributed by atoms with Gasteiger partial charge in [-0.05, 0) is 6.07 Å². The van der Waals surface area contributed by atoms with Gasteiger partial charge in [-0.15, -0.1) is 0 Å². The fourth-order valence-electron chi connectivity index (χ4n) is 1.87. The van der Waals surface area contributed by atoms with E-state index in [1.165, 1.54) is 6.20 Å². The van der Waals surface area contributed by atoms with Gasteiger partial charge in [0.1, 0.15) is 0 Å². The second-order valence-corrected chi connectivity index (χ2v) is 4.77. The molecule has 0 spiro atoms. The number of hydrogen-bond donors (Lipinski definition) is 1. The Bertz CT molecular complexity index is 782. The van der Waals surface area contributed by atoms with Crippen LogP contribution in [-0.2, 0) is 0 Å². The van der Waals surface area contributed by atoms with Crippen molar-refractivity contribution in [3.05, 3.63) is 53.0 Å². The van der Waals surface area contributed by atoms with Crippen LogP contribution in [0.2, 0.25) is 0 Å². The van der Waals surface area contributed by atoms with E-state index >= 15 is 0 Å². The number of carbonyl (C=O) groups is 1. The second kappa shape index (κ2) is 4.47. The van der Waals surface area contributed by atoms with Crippen molar-refractivity contribution < 1.29 is 9.90 Å². The van der Waals surface area contributed by atoms with Gasteiger partial charge in [-0.25, -0.2) is 14.8 Å². The topological polar surface area (TPSA) is 67.5 Å². The number of rotatable bonds is 2. The van der Waals surface area contributed by atoms with Gasteiger partial charge in [0.2, 0.25) is 0 Å². The first-order chi connectivity index (χ1) is 9.16. The third-order valence-electron chi connectivity index (χ3n) is 2.73. The number of hydrogen-bond acceptors (Lipinski definition) is 3. The predicted molar refractivity (Wildman–Crippen MR) is 73.1 cm³/mol. The summed E-state index contributed by atoms with van der Waals surface area (Å²) in [6.07, 6.45) is 4.90. The molecule has 0 aliphatic heterocycles. The Labute approximate surface area is 116 Å². The highest BCUT2D eigenvalue weighted by molar-refractivity contribution is 9.10. The van der Waals surface area contributed by atoms with Gasteiger partial charge in [0.05, 0.1) is 5.69 Å². The molecule has 2 heterocycles. The highest BCUT2D eigenvalue weighted by Gasteiger charge is 2.14. The molecule has 0 aliphatic carbocycles. The fraction of sp³-hybridized carbons (Fsp3) is 0. The molecule has 0 fully saturated rings. The standard InChI is InChI=1S/C13H8BrN3O2/c14-9-4-2-1-3-8(9)10-7-17-6-5-15-11(13(18)19)12(17)16-10/h1-7H,(H,18,19). The number of carboxylic acids is 1. The van der Waals surface area contributed by atoms with Crippen molar-refractivity contribution in [1.29, 1.82) is 0 Å². The minimum atomic E-state index is -1.09. The lowest BCUT2D eigenvalue weighted by molar-refractivity contribution is 0.0692. The normalized spacial score (nSPS) is 10.8. The molecule has 0 amide bonds. The molecule has 2 aromatic heterocycles. The van der Waals surface area contributed by atoms with E-state index in [2.05, 4.69) is 25.9 Å². The number of nitrogens with zero attached hydrogens (tertiary/aromatic N) is 3. The van der Waals surface area contributed by atoms with Crippen molar-refractivity contribution in [1.82, 2.24) is 14.4 Å². The molecule has 0 bridgehead atoms. The first kappa shape index (κ1) is 11.9. The Morgan fingerprint density at radius 1 is 1.32 bits per heavy atom. The predicted octanol–water partition coefficient (Wildman–Crippen LogP) is 2.86. The zero-order valence-electron chi connectivity index (χ0n) is 9.62. The van der Waals surface area contributed by atoms with Crippen molar-refractivity contribution in [3.8, 4) is 11.3 Å². The highest BCUT2D eigenvalue weighted by atomic mass is 79.9. The average Bonchev–Trinajstić information content (AvgIpc) is 2.82. The van der Waals surface area contributed by atoms with Crippen LogP contribution in [-0.4, -0.2) is 25.4 Å². The summed E-state index contributed by atoms with van der Waals surface area (Å²) < 4.78 is 2.56. The maximum absolute atomic E-state index is 11.1. The molecule has 3 rings (SSSR count). The van der Waals surface area contributed by atoms with E-state index in [9.17, 15) is 4.79 Å². The van der Waals surface area contributed by atoms with Crippen LogP contribution in [0.25, 0.3) is 16.9 Å². The first-order valence-corrected chi connectivity index (χ1v) is 6.28. The number of halogens is 1. The molecule has 6 heteroatoms. The monoisotopic (exact) mass is 317 g/mol. The van der Waals surface area contributed by atoms with E-state index in [-0.39, 0.29) is 5.69 Å². The molecule has 0 saturated carbocycles. The lowest BCUT2D eigenvalue weighted by atomic mass is 10.2. The van der Waals surface area contributed by atoms with Crippen LogP contribution in [0.4, 0.5) is 0 Å². The van der Waals surface area contributed by atoms with Gasteiger partial charge < -0.3 is 9.51 Å². The second-order valence-electron chi connectivity index (χ2n) is 3.92. The smallest absolute Gasteiger partial charge is 0.358 e. The number of imidazole rings is 1. The van der Waals surface area contributed by atoms with E-state index in [0.29, 0.717) is 11.3 Å². The van der Waals surface area contributed by atoms with Gasteiger partial charge in [0.25, 0.3) is 0 Å². The summed E-state index contributed by atoms with van der Waals surface area (Å²) in [7, 11) is 0. The Hall–Kier alpha value is -2.21. The quantitative estimate of drug-likeness (QED) is 0.789. The minimum Gasteiger partial charge on any atom is -0.476 e. The Kier molecular flexibility index (Phi) is 2.79.